The summed E-state index contributed by atoms with van der Waals surface area (Å²) < 4.78 is 5.37. The molecular weight excluding hydrogens is 314 g/mol. The zero-order chi connectivity index (χ0) is 17.9. The quantitative estimate of drug-likeness (QED) is 0.573. The molecule has 128 valence electrons. The van der Waals surface area contributed by atoms with E-state index >= 15 is 0 Å². The Kier molecular flexibility index (Phi) is 7.08. The molecular formula is C20H21N3O2. The maximum absolute atomic E-state index is 12.1. The molecule has 2 aromatic rings. The summed E-state index contributed by atoms with van der Waals surface area (Å²) in [5, 5.41) is 14.9. The topological polar surface area (TPSA) is 74.1 Å². The Morgan fingerprint density at radius 2 is 1.88 bits per heavy atom. The molecule has 0 spiro atoms. The molecule has 25 heavy (non-hydrogen) atoms. The molecule has 0 aliphatic carbocycles. The fourth-order valence-corrected chi connectivity index (χ4v) is 2.18. The molecule has 0 bridgehead atoms. The summed E-state index contributed by atoms with van der Waals surface area (Å²) in [7, 11) is 0. The van der Waals surface area contributed by atoms with Crippen LogP contribution in [0.15, 0.2) is 66.4 Å². The summed E-state index contributed by atoms with van der Waals surface area (Å²) in [4.78, 5) is 12.1. The molecule has 1 amide bonds. The minimum absolute atomic E-state index is 0.0296. The molecule has 0 saturated heterocycles. The van der Waals surface area contributed by atoms with Gasteiger partial charge in [0.05, 0.1) is 6.61 Å². The van der Waals surface area contributed by atoms with Gasteiger partial charge in [-0.1, -0.05) is 30.3 Å². The van der Waals surface area contributed by atoms with Crippen molar-refractivity contribution in [3.05, 3.63) is 71.9 Å². The number of amides is 1. The third kappa shape index (κ3) is 6.04. The normalized spacial score (nSPS) is 10.6. The Balaban J connectivity index is 1.86. The molecule has 2 N–H and O–H groups in total. The molecule has 0 atom stereocenters. The second-order valence-corrected chi connectivity index (χ2v) is 5.26. The number of carbonyl (C=O) groups excluding carboxylic acids is 1. The van der Waals surface area contributed by atoms with Crippen LogP contribution in [0.2, 0.25) is 0 Å². The van der Waals surface area contributed by atoms with Gasteiger partial charge in [0.1, 0.15) is 17.4 Å². The van der Waals surface area contributed by atoms with Crippen molar-refractivity contribution in [1.29, 1.82) is 5.26 Å². The van der Waals surface area contributed by atoms with E-state index < -0.39 is 5.91 Å². The lowest BCUT2D eigenvalue weighted by molar-refractivity contribution is -0.117. The van der Waals surface area contributed by atoms with Gasteiger partial charge in [-0.2, -0.15) is 5.26 Å². The number of ether oxygens (including phenoxy) is 1. The van der Waals surface area contributed by atoms with E-state index in [4.69, 9.17) is 10.00 Å². The largest absolute Gasteiger partial charge is 0.494 e. The van der Waals surface area contributed by atoms with Crippen molar-refractivity contribution in [2.24, 2.45) is 0 Å². The van der Waals surface area contributed by atoms with Gasteiger partial charge in [0.15, 0.2) is 0 Å². The standard InChI is InChI=1S/C20H21N3O2/c1-2-25-19-10-8-18(9-11-19)23-15-17(14-21)20(24)22-13-12-16-6-4-3-5-7-16/h3-11,15,23H,2,12-13H2,1H3,(H,22,24)/b17-15-. The molecule has 5 nitrogen and oxygen atoms in total. The number of anilines is 1. The number of carbonyl (C=O) groups is 1. The van der Waals surface area contributed by atoms with Crippen molar-refractivity contribution < 1.29 is 9.53 Å². The monoisotopic (exact) mass is 335 g/mol. The van der Waals surface area contributed by atoms with Gasteiger partial charge < -0.3 is 15.4 Å². The summed E-state index contributed by atoms with van der Waals surface area (Å²) >= 11 is 0. The van der Waals surface area contributed by atoms with Crippen LogP contribution in [0, 0.1) is 11.3 Å². The van der Waals surface area contributed by atoms with E-state index in [0.29, 0.717) is 13.2 Å². The van der Waals surface area contributed by atoms with Crippen LogP contribution in [0.1, 0.15) is 12.5 Å². The molecule has 0 radical (unpaired) electrons. The average Bonchev–Trinajstić information content (AvgIpc) is 2.65. The number of nitriles is 1. The van der Waals surface area contributed by atoms with Gasteiger partial charge in [0, 0.05) is 18.4 Å². The van der Waals surface area contributed by atoms with Gasteiger partial charge in [-0.05, 0) is 43.2 Å². The third-order valence-electron chi connectivity index (χ3n) is 3.46. The lowest BCUT2D eigenvalue weighted by Crippen LogP contribution is -2.27. The van der Waals surface area contributed by atoms with E-state index in [-0.39, 0.29) is 5.57 Å². The Bertz CT molecular complexity index is 747. The maximum atomic E-state index is 12.1. The minimum Gasteiger partial charge on any atom is -0.494 e. The van der Waals surface area contributed by atoms with Crippen LogP contribution in [0.5, 0.6) is 5.75 Å². The molecule has 0 aliphatic rings. The van der Waals surface area contributed by atoms with Crippen molar-refractivity contribution in [2.75, 3.05) is 18.5 Å². The fourth-order valence-electron chi connectivity index (χ4n) is 2.18. The Morgan fingerprint density at radius 3 is 2.52 bits per heavy atom. The zero-order valence-corrected chi connectivity index (χ0v) is 14.2. The molecule has 0 unspecified atom stereocenters. The smallest absolute Gasteiger partial charge is 0.263 e. The van der Waals surface area contributed by atoms with Crippen LogP contribution < -0.4 is 15.4 Å². The number of hydrogen-bond donors (Lipinski definition) is 2. The molecule has 0 heterocycles. The van der Waals surface area contributed by atoms with Crippen molar-refractivity contribution in [1.82, 2.24) is 5.32 Å². The highest BCUT2D eigenvalue weighted by atomic mass is 16.5. The molecule has 2 aromatic carbocycles. The van der Waals surface area contributed by atoms with Gasteiger partial charge in [-0.15, -0.1) is 0 Å². The number of benzene rings is 2. The first-order chi connectivity index (χ1) is 12.2. The SMILES string of the molecule is CCOc1ccc(N/C=C(/C#N)C(=O)NCCc2ccccc2)cc1. The van der Waals surface area contributed by atoms with Gasteiger partial charge in [-0.3, -0.25) is 4.79 Å². The molecule has 0 aromatic heterocycles. The molecule has 0 aliphatic heterocycles. The first-order valence-corrected chi connectivity index (χ1v) is 8.14. The highest BCUT2D eigenvalue weighted by Crippen LogP contribution is 2.15. The summed E-state index contributed by atoms with van der Waals surface area (Å²) in [6.07, 6.45) is 2.13. The second kappa shape index (κ2) is 9.78. The van der Waals surface area contributed by atoms with Crippen LogP contribution >= 0.6 is 0 Å². The van der Waals surface area contributed by atoms with E-state index in [9.17, 15) is 4.79 Å². The average molecular weight is 335 g/mol. The number of rotatable bonds is 8. The summed E-state index contributed by atoms with van der Waals surface area (Å²) in [5.41, 5.74) is 1.94. The number of nitrogens with zero attached hydrogens (tertiary/aromatic N) is 1. The van der Waals surface area contributed by atoms with E-state index in [1.54, 1.807) is 0 Å². The first kappa shape index (κ1) is 18.1. The maximum Gasteiger partial charge on any atom is 0.263 e. The summed E-state index contributed by atoms with van der Waals surface area (Å²) in [6.45, 7) is 3.00. The Hall–Kier alpha value is -3.26. The lowest BCUT2D eigenvalue weighted by atomic mass is 10.1. The Labute approximate surface area is 147 Å². The number of nitrogens with one attached hydrogen (secondary N) is 2. The van der Waals surface area contributed by atoms with E-state index in [1.165, 1.54) is 6.20 Å². The van der Waals surface area contributed by atoms with E-state index in [0.717, 1.165) is 23.4 Å². The van der Waals surface area contributed by atoms with Gasteiger partial charge >= 0.3 is 0 Å². The van der Waals surface area contributed by atoms with Crippen LogP contribution in [0.4, 0.5) is 5.69 Å². The van der Waals surface area contributed by atoms with Crippen LogP contribution in [0.3, 0.4) is 0 Å². The number of hydrogen-bond acceptors (Lipinski definition) is 4. The molecule has 0 fully saturated rings. The second-order valence-electron chi connectivity index (χ2n) is 5.26. The zero-order valence-electron chi connectivity index (χ0n) is 14.2. The highest BCUT2D eigenvalue weighted by molar-refractivity contribution is 5.97. The van der Waals surface area contributed by atoms with Crippen molar-refractivity contribution in [3.63, 3.8) is 0 Å². The van der Waals surface area contributed by atoms with E-state index in [1.807, 2.05) is 67.6 Å². The van der Waals surface area contributed by atoms with Crippen molar-refractivity contribution in [2.45, 2.75) is 13.3 Å². The minimum atomic E-state index is -0.392. The lowest BCUT2D eigenvalue weighted by Gasteiger charge is -2.06. The first-order valence-electron chi connectivity index (χ1n) is 8.14. The van der Waals surface area contributed by atoms with Crippen LogP contribution in [-0.4, -0.2) is 19.1 Å². The van der Waals surface area contributed by atoms with Gasteiger partial charge in [0.25, 0.3) is 5.91 Å². The molecule has 0 saturated carbocycles. The fraction of sp³-hybridized carbons (Fsp3) is 0.200. The predicted molar refractivity (Wildman–Crippen MR) is 98.1 cm³/mol. The Morgan fingerprint density at radius 1 is 1.16 bits per heavy atom. The van der Waals surface area contributed by atoms with Crippen molar-refractivity contribution >= 4 is 11.6 Å². The predicted octanol–water partition coefficient (Wildman–Crippen LogP) is 3.26. The van der Waals surface area contributed by atoms with Crippen molar-refractivity contribution in [3.8, 4) is 11.8 Å². The van der Waals surface area contributed by atoms with Gasteiger partial charge in [0.2, 0.25) is 0 Å². The summed E-state index contributed by atoms with van der Waals surface area (Å²) in [6, 6.07) is 19.1. The van der Waals surface area contributed by atoms with E-state index in [2.05, 4.69) is 10.6 Å². The van der Waals surface area contributed by atoms with Crippen LogP contribution in [0.25, 0.3) is 0 Å². The molecule has 2 rings (SSSR count). The molecule has 5 heteroatoms. The highest BCUT2D eigenvalue weighted by Gasteiger charge is 2.08. The van der Waals surface area contributed by atoms with Gasteiger partial charge in [-0.25, -0.2) is 0 Å². The summed E-state index contributed by atoms with van der Waals surface area (Å²) in [5.74, 6) is 0.382. The third-order valence-corrected chi connectivity index (χ3v) is 3.46. The van der Waals surface area contributed by atoms with Crippen LogP contribution in [-0.2, 0) is 11.2 Å².